The molecule has 0 N–H and O–H groups in total. The molecule has 60 valence electrons. The summed E-state index contributed by atoms with van der Waals surface area (Å²) in [4.78, 5) is 0. The van der Waals surface area contributed by atoms with Crippen molar-refractivity contribution in [3.63, 3.8) is 0 Å². The van der Waals surface area contributed by atoms with Gasteiger partial charge < -0.3 is 9.47 Å². The van der Waals surface area contributed by atoms with Crippen LogP contribution in [0.4, 0.5) is 0 Å². The lowest BCUT2D eigenvalue weighted by atomic mass is 10.2. The highest BCUT2D eigenvalue weighted by Gasteiger charge is 2.01. The van der Waals surface area contributed by atoms with E-state index in [0.717, 1.165) is 0 Å². The fraction of sp³-hybridized carbons (Fsp3) is 0.750. The Morgan fingerprint density at radius 3 is 2.60 bits per heavy atom. The summed E-state index contributed by atoms with van der Waals surface area (Å²) >= 11 is 0. The SMILES string of the molecule is [2H]C([2H])(CC=C)CC(OC)OC. The lowest BCUT2D eigenvalue weighted by Crippen LogP contribution is -2.11. The number of hydrogen-bond acceptors (Lipinski definition) is 2. The van der Waals surface area contributed by atoms with Crippen LogP contribution in [0.5, 0.6) is 0 Å². The molecule has 0 atom stereocenters. The monoisotopic (exact) mass is 146 g/mol. The van der Waals surface area contributed by atoms with Crippen LogP contribution in [0.15, 0.2) is 12.7 Å². The Hall–Kier alpha value is -0.340. The van der Waals surface area contributed by atoms with Crippen LogP contribution in [0, 0.1) is 0 Å². The molecule has 0 fully saturated rings. The molecule has 0 unspecified atom stereocenters. The highest BCUT2D eigenvalue weighted by Crippen LogP contribution is 2.04. The van der Waals surface area contributed by atoms with Crippen molar-refractivity contribution in [2.45, 2.75) is 25.5 Å². The van der Waals surface area contributed by atoms with Gasteiger partial charge in [0.15, 0.2) is 6.29 Å². The third kappa shape index (κ3) is 4.53. The van der Waals surface area contributed by atoms with Crippen LogP contribution in [0.25, 0.3) is 0 Å². The second-order valence-electron chi connectivity index (χ2n) is 1.85. The Morgan fingerprint density at radius 2 is 2.20 bits per heavy atom. The predicted molar refractivity (Wildman–Crippen MR) is 41.9 cm³/mol. The van der Waals surface area contributed by atoms with Gasteiger partial charge >= 0.3 is 0 Å². The van der Waals surface area contributed by atoms with Gasteiger partial charge in [0.2, 0.25) is 0 Å². The molecule has 0 aromatic carbocycles. The maximum Gasteiger partial charge on any atom is 0.156 e. The third-order valence-electron chi connectivity index (χ3n) is 1.13. The van der Waals surface area contributed by atoms with Crippen molar-refractivity contribution in [3.05, 3.63) is 12.7 Å². The van der Waals surface area contributed by atoms with Crippen molar-refractivity contribution in [3.8, 4) is 0 Å². The number of allylic oxidation sites excluding steroid dienone is 1. The smallest absolute Gasteiger partial charge is 0.156 e. The summed E-state index contributed by atoms with van der Waals surface area (Å²) < 4.78 is 24.8. The summed E-state index contributed by atoms with van der Waals surface area (Å²) in [5.74, 6) is 0. The lowest BCUT2D eigenvalue weighted by Gasteiger charge is -2.11. The van der Waals surface area contributed by atoms with Gasteiger partial charge in [0.1, 0.15) is 0 Å². The van der Waals surface area contributed by atoms with Crippen molar-refractivity contribution in [1.82, 2.24) is 0 Å². The van der Waals surface area contributed by atoms with E-state index in [2.05, 4.69) is 6.58 Å². The summed E-state index contributed by atoms with van der Waals surface area (Å²) in [5, 5.41) is 0. The van der Waals surface area contributed by atoms with Gasteiger partial charge in [-0.15, -0.1) is 6.58 Å². The second kappa shape index (κ2) is 6.78. The van der Waals surface area contributed by atoms with Crippen molar-refractivity contribution in [1.29, 1.82) is 0 Å². The number of hydrogen-bond donors (Lipinski definition) is 0. The highest BCUT2D eigenvalue weighted by atomic mass is 16.7. The third-order valence-corrected chi connectivity index (χ3v) is 1.13. The van der Waals surface area contributed by atoms with Crippen molar-refractivity contribution in [2.24, 2.45) is 0 Å². The van der Waals surface area contributed by atoms with Crippen LogP contribution in [0.3, 0.4) is 0 Å². The molecule has 2 nitrogen and oxygen atoms in total. The van der Waals surface area contributed by atoms with E-state index < -0.39 is 12.7 Å². The zero-order chi connectivity index (χ0) is 9.61. The molecule has 0 radical (unpaired) electrons. The normalized spacial score (nSPS) is 14.7. The first-order chi connectivity index (χ1) is 5.55. The molecular weight excluding hydrogens is 128 g/mol. The first-order valence-corrected chi connectivity index (χ1v) is 3.22. The van der Waals surface area contributed by atoms with Gasteiger partial charge in [-0.2, -0.15) is 0 Å². The van der Waals surface area contributed by atoms with Gasteiger partial charge in [0.05, 0.1) is 0 Å². The number of methoxy groups -OCH3 is 2. The van der Waals surface area contributed by atoms with Crippen LogP contribution in [0.1, 0.15) is 22.0 Å². The molecule has 0 rings (SSSR count). The fourth-order valence-corrected chi connectivity index (χ4v) is 0.566. The first-order valence-electron chi connectivity index (χ1n) is 4.22. The molecule has 0 aromatic rings. The number of ether oxygens (including phenoxy) is 2. The minimum atomic E-state index is -1.29. The maximum atomic E-state index is 7.50. The van der Waals surface area contributed by atoms with E-state index in [1.54, 1.807) is 6.08 Å². The first kappa shape index (κ1) is 6.38. The second-order valence-corrected chi connectivity index (χ2v) is 1.85. The molecule has 0 amide bonds. The summed E-state index contributed by atoms with van der Waals surface area (Å²) in [6.45, 7) is 3.48. The minimum absolute atomic E-state index is 0.228. The van der Waals surface area contributed by atoms with Crippen LogP contribution < -0.4 is 0 Å². The van der Waals surface area contributed by atoms with Gasteiger partial charge in [-0.3, -0.25) is 0 Å². The minimum Gasteiger partial charge on any atom is -0.356 e. The van der Waals surface area contributed by atoms with Crippen molar-refractivity contribution >= 4 is 0 Å². The van der Waals surface area contributed by atoms with E-state index >= 15 is 0 Å². The Balaban J connectivity index is 3.92. The molecular formula is C8H16O2. The Labute approximate surface area is 65.6 Å². The summed E-state index contributed by atoms with van der Waals surface area (Å²) in [6.07, 6.45) is 0.336. The largest absolute Gasteiger partial charge is 0.356 e. The van der Waals surface area contributed by atoms with Gasteiger partial charge in [-0.25, -0.2) is 0 Å². The van der Waals surface area contributed by atoms with E-state index in [-0.39, 0.29) is 6.42 Å². The molecule has 10 heavy (non-hydrogen) atoms. The predicted octanol–water partition coefficient (Wildman–Crippen LogP) is 1.96. The Bertz CT molecular complexity index is 133. The Kier molecular flexibility index (Phi) is 4.32. The number of rotatable bonds is 6. The van der Waals surface area contributed by atoms with E-state index in [0.29, 0.717) is 6.42 Å². The fourth-order valence-electron chi connectivity index (χ4n) is 0.566. The highest BCUT2D eigenvalue weighted by molar-refractivity contribution is 4.65. The standard InChI is InChI=1S/C8H16O2/c1-4-5-6-7-8(9-2)10-3/h4,8H,1,5-7H2,2-3H3/i6D2. The van der Waals surface area contributed by atoms with Crippen molar-refractivity contribution in [2.75, 3.05) is 14.2 Å². The molecule has 0 bridgehead atoms. The van der Waals surface area contributed by atoms with E-state index in [9.17, 15) is 0 Å². The Morgan fingerprint density at radius 1 is 1.60 bits per heavy atom. The van der Waals surface area contributed by atoms with Gasteiger partial charge in [-0.05, 0) is 19.2 Å². The molecule has 0 saturated carbocycles. The molecule has 0 heterocycles. The summed E-state index contributed by atoms with van der Waals surface area (Å²) in [7, 11) is 3.00. The molecule has 0 aliphatic heterocycles. The van der Waals surface area contributed by atoms with Crippen LogP contribution in [-0.2, 0) is 9.47 Å². The molecule has 0 aliphatic rings. The topological polar surface area (TPSA) is 18.5 Å². The van der Waals surface area contributed by atoms with Crippen LogP contribution in [0.2, 0.25) is 0 Å². The van der Waals surface area contributed by atoms with E-state index in [1.807, 2.05) is 0 Å². The van der Waals surface area contributed by atoms with E-state index in [4.69, 9.17) is 12.2 Å². The zero-order valence-electron chi connectivity index (χ0n) is 8.59. The molecule has 0 aliphatic carbocycles. The quantitative estimate of drug-likeness (QED) is 0.421. The van der Waals surface area contributed by atoms with E-state index in [1.165, 1.54) is 14.2 Å². The van der Waals surface area contributed by atoms with Gasteiger partial charge in [-0.1, -0.05) is 6.08 Å². The van der Waals surface area contributed by atoms with Gasteiger partial charge in [0.25, 0.3) is 0 Å². The summed E-state index contributed by atoms with van der Waals surface area (Å²) in [6, 6.07) is 0. The summed E-state index contributed by atoms with van der Waals surface area (Å²) in [5.41, 5.74) is 0. The molecule has 2 heteroatoms. The van der Waals surface area contributed by atoms with Crippen molar-refractivity contribution < 1.29 is 12.2 Å². The average molecular weight is 146 g/mol. The molecule has 0 saturated heterocycles. The average Bonchev–Trinajstić information content (AvgIpc) is 2.00. The van der Waals surface area contributed by atoms with Crippen LogP contribution >= 0.6 is 0 Å². The molecule has 0 spiro atoms. The van der Waals surface area contributed by atoms with Gasteiger partial charge in [0, 0.05) is 17.0 Å². The lowest BCUT2D eigenvalue weighted by molar-refractivity contribution is -0.106. The maximum absolute atomic E-state index is 7.50. The zero-order valence-corrected chi connectivity index (χ0v) is 6.59. The van der Waals surface area contributed by atoms with Crippen LogP contribution in [-0.4, -0.2) is 20.5 Å². The molecule has 0 aromatic heterocycles.